The Balaban J connectivity index is 1.36. The number of amides is 4. The minimum atomic E-state index is -1.76. The van der Waals surface area contributed by atoms with Crippen LogP contribution in [0.3, 0.4) is 0 Å². The average molecular weight is 697 g/mol. The third-order valence-corrected chi connectivity index (χ3v) is 19.5. The summed E-state index contributed by atoms with van der Waals surface area (Å²) in [6.07, 6.45) is -5.21. The highest BCUT2D eigenvalue weighted by Crippen LogP contribution is 2.78. The fourth-order valence-electron chi connectivity index (χ4n) is 9.79. The Bertz CT molecular complexity index is 1760. The second-order valence-electron chi connectivity index (χ2n) is 13.5. The Kier molecular flexibility index (Phi) is 4.87. The summed E-state index contributed by atoms with van der Waals surface area (Å²) in [5.74, 6) is -1.52. The number of anilines is 2. The van der Waals surface area contributed by atoms with Gasteiger partial charge in [0, 0.05) is 25.5 Å². The van der Waals surface area contributed by atoms with Gasteiger partial charge in [0.15, 0.2) is 9.74 Å². The Morgan fingerprint density at radius 2 is 0.978 bits per heavy atom. The zero-order valence-electron chi connectivity index (χ0n) is 24.9. The second kappa shape index (κ2) is 7.92. The van der Waals surface area contributed by atoms with Crippen LogP contribution >= 0.6 is 43.2 Å². The zero-order chi connectivity index (χ0) is 32.1. The number of hydrogen-bond donors (Lipinski definition) is 4. The molecule has 0 aliphatic carbocycles. The van der Waals surface area contributed by atoms with Crippen LogP contribution in [0, 0.1) is 0 Å². The second-order valence-corrected chi connectivity index (χ2v) is 19.0. The number of carbonyl (C=O) groups is 4. The quantitative estimate of drug-likeness (QED) is 0.320. The molecule has 2 aromatic rings. The molecule has 4 amide bonds. The monoisotopic (exact) mass is 696 g/mol. The lowest BCUT2D eigenvalue weighted by Gasteiger charge is -2.58. The van der Waals surface area contributed by atoms with E-state index in [1.54, 1.807) is 27.9 Å². The number of para-hydroxylation sites is 2. The van der Waals surface area contributed by atoms with Gasteiger partial charge in [0.25, 0.3) is 23.6 Å². The Morgan fingerprint density at radius 3 is 1.37 bits per heavy atom. The molecule has 4 N–H and O–H groups in total. The number of nitrogens with one attached hydrogen (secondary N) is 2. The number of likely N-dealkylation sites (N-methyl/N-ethyl adjacent to an activating group) is 2. The van der Waals surface area contributed by atoms with Gasteiger partial charge in [0.05, 0.1) is 10.8 Å². The molecule has 2 spiro atoms. The smallest absolute Gasteiger partial charge is 0.264 e. The molecule has 0 radical (unpaired) electrons. The van der Waals surface area contributed by atoms with Gasteiger partial charge >= 0.3 is 0 Å². The van der Waals surface area contributed by atoms with Gasteiger partial charge in [0.1, 0.15) is 24.5 Å². The maximum atomic E-state index is 14.7. The molecule has 10 aliphatic heterocycles. The average Bonchev–Trinajstić information content (AvgIpc) is 3.70. The van der Waals surface area contributed by atoms with E-state index in [-0.39, 0.29) is 11.8 Å². The number of aliphatic hydroxyl groups is 2. The molecule has 4 bridgehead atoms. The Hall–Kier alpha value is -2.76. The SMILES string of the molecule is CN1C(=O)[C@]23SS[C@@]1(C)C(=O)N2[C@H]1Nc2ccccc2C1([C@]12c4ccccc4N[C@@H]1N1C(=O)[C@]4(C)SS[C@]1(C(=O)N4C)[C@H]2O)[C@@H]3O. The number of fused-ring (bicyclic) bond motifs is 11. The van der Waals surface area contributed by atoms with Gasteiger partial charge in [-0.3, -0.25) is 29.0 Å². The molecule has 46 heavy (non-hydrogen) atoms. The number of carbonyl (C=O) groups excluding carboxylic acids is 4. The summed E-state index contributed by atoms with van der Waals surface area (Å²) < 4.78 is 0. The predicted octanol–water partition coefficient (Wildman–Crippen LogP) is 1.33. The Labute approximate surface area is 279 Å². The first-order chi connectivity index (χ1) is 21.8. The van der Waals surface area contributed by atoms with Gasteiger partial charge in [-0.05, 0) is 58.7 Å². The lowest BCUT2D eigenvalue weighted by Crippen LogP contribution is -2.77. The van der Waals surface area contributed by atoms with Gasteiger partial charge in [-0.25, -0.2) is 0 Å². The van der Waals surface area contributed by atoms with Crippen molar-refractivity contribution in [2.24, 2.45) is 0 Å². The van der Waals surface area contributed by atoms with Crippen LogP contribution in [0.15, 0.2) is 48.5 Å². The molecule has 10 aliphatic rings. The fourth-order valence-corrected chi connectivity index (χ4v) is 16.9. The highest BCUT2D eigenvalue weighted by atomic mass is 33.1. The molecule has 8 saturated heterocycles. The van der Waals surface area contributed by atoms with E-state index in [1.807, 2.05) is 48.5 Å². The number of nitrogens with zero attached hydrogens (tertiary/aromatic N) is 4. The van der Waals surface area contributed by atoms with Crippen LogP contribution in [0.5, 0.6) is 0 Å². The van der Waals surface area contributed by atoms with Crippen LogP contribution in [0.25, 0.3) is 0 Å². The van der Waals surface area contributed by atoms with Crippen LogP contribution in [0.1, 0.15) is 25.0 Å². The van der Waals surface area contributed by atoms with Crippen molar-refractivity contribution in [1.29, 1.82) is 0 Å². The maximum absolute atomic E-state index is 14.7. The van der Waals surface area contributed by atoms with E-state index in [1.165, 1.54) is 62.8 Å². The molecule has 10 atom stereocenters. The fraction of sp³-hybridized carbons (Fsp3) is 0.467. The van der Waals surface area contributed by atoms with Crippen LogP contribution in [-0.4, -0.2) is 112 Å². The van der Waals surface area contributed by atoms with Gasteiger partial charge in [-0.2, -0.15) is 0 Å². The molecule has 238 valence electrons. The number of piperazine rings is 2. The molecule has 0 aromatic heterocycles. The predicted molar refractivity (Wildman–Crippen MR) is 175 cm³/mol. The van der Waals surface area contributed by atoms with E-state index in [0.29, 0.717) is 22.5 Å². The molecular formula is C30H28N6O6S4. The topological polar surface area (TPSA) is 146 Å². The first-order valence-corrected chi connectivity index (χ1v) is 19.2. The van der Waals surface area contributed by atoms with Crippen molar-refractivity contribution in [3.8, 4) is 0 Å². The Morgan fingerprint density at radius 1 is 0.609 bits per heavy atom. The normalized spacial score (nSPS) is 47.0. The zero-order valence-corrected chi connectivity index (χ0v) is 28.1. The van der Waals surface area contributed by atoms with E-state index >= 15 is 0 Å². The van der Waals surface area contributed by atoms with E-state index in [4.69, 9.17) is 0 Å². The summed E-state index contributed by atoms with van der Waals surface area (Å²) in [5, 5.41) is 33.6. The van der Waals surface area contributed by atoms with Crippen LogP contribution in [0.4, 0.5) is 11.4 Å². The molecule has 16 heteroatoms. The van der Waals surface area contributed by atoms with Crippen molar-refractivity contribution < 1.29 is 29.4 Å². The van der Waals surface area contributed by atoms with Crippen molar-refractivity contribution in [2.75, 3.05) is 24.7 Å². The van der Waals surface area contributed by atoms with Crippen molar-refractivity contribution in [2.45, 2.75) is 68.7 Å². The molecule has 0 saturated carbocycles. The van der Waals surface area contributed by atoms with Gasteiger partial charge in [-0.1, -0.05) is 58.0 Å². The number of benzene rings is 2. The van der Waals surface area contributed by atoms with Crippen molar-refractivity contribution in [1.82, 2.24) is 19.6 Å². The lowest BCUT2D eigenvalue weighted by atomic mass is 9.52. The largest absolute Gasteiger partial charge is 0.388 e. The third kappa shape index (κ3) is 2.30. The summed E-state index contributed by atoms with van der Waals surface area (Å²) in [4.78, 5) is 58.2. The number of aliphatic hydroxyl groups excluding tert-OH is 2. The summed E-state index contributed by atoms with van der Waals surface area (Å²) in [7, 11) is 7.98. The van der Waals surface area contributed by atoms with E-state index < -0.39 is 66.7 Å². The molecule has 10 heterocycles. The number of hydrogen-bond acceptors (Lipinski definition) is 12. The standard InChI is InChI=1S/C30H28N6O6S4/c1-25-21(39)35-19-27(13-9-5-7-11-15(13)31-19,17(37)29(35,45-43-25)23(41)33(25)3)28-14-10-6-8-12-16(14)32-20(28)36-22(40)26(2)34(4)24(42)30(36,18(28)38)46-44-26/h5-12,17-20,31-32,37-38H,1-4H3/t17-,18-,19+,20+,25-,26-,27-,28?,29-,30-/m0/s1. The van der Waals surface area contributed by atoms with Gasteiger partial charge in [-0.15, -0.1) is 0 Å². The van der Waals surface area contributed by atoms with E-state index in [0.717, 1.165) is 0 Å². The molecular weight excluding hydrogens is 669 g/mol. The molecule has 12 rings (SSSR count). The first-order valence-electron chi connectivity index (χ1n) is 14.9. The van der Waals surface area contributed by atoms with Gasteiger partial charge in [0.2, 0.25) is 9.74 Å². The lowest BCUT2D eigenvalue weighted by molar-refractivity contribution is -0.166. The summed E-state index contributed by atoms with van der Waals surface area (Å²) in [6.45, 7) is 3.42. The van der Waals surface area contributed by atoms with Crippen LogP contribution < -0.4 is 10.6 Å². The minimum Gasteiger partial charge on any atom is -0.388 e. The third-order valence-electron chi connectivity index (χ3n) is 12.1. The van der Waals surface area contributed by atoms with Crippen LogP contribution in [-0.2, 0) is 30.0 Å². The van der Waals surface area contributed by atoms with Gasteiger partial charge < -0.3 is 30.6 Å². The van der Waals surface area contributed by atoms with Crippen molar-refractivity contribution in [3.05, 3.63) is 59.7 Å². The number of rotatable bonds is 1. The molecule has 1 unspecified atom stereocenters. The van der Waals surface area contributed by atoms with Crippen molar-refractivity contribution >= 4 is 78.2 Å². The first kappa shape index (κ1) is 28.3. The highest BCUT2D eigenvalue weighted by Gasteiger charge is 2.92. The van der Waals surface area contributed by atoms with E-state index in [9.17, 15) is 29.4 Å². The summed E-state index contributed by atoms with van der Waals surface area (Å²) in [6, 6.07) is 14.8. The summed E-state index contributed by atoms with van der Waals surface area (Å²) >= 11 is 0. The molecule has 8 fully saturated rings. The molecule has 2 aromatic carbocycles. The highest BCUT2D eigenvalue weighted by molar-refractivity contribution is 8.78. The summed E-state index contributed by atoms with van der Waals surface area (Å²) in [5.41, 5.74) is -0.775. The minimum absolute atomic E-state index is 0.342. The van der Waals surface area contributed by atoms with Crippen molar-refractivity contribution in [3.63, 3.8) is 0 Å². The van der Waals surface area contributed by atoms with Crippen LogP contribution in [0.2, 0.25) is 0 Å². The molecule has 12 nitrogen and oxygen atoms in total. The van der Waals surface area contributed by atoms with E-state index in [2.05, 4.69) is 10.6 Å². The maximum Gasteiger partial charge on any atom is 0.264 e.